The third-order valence-corrected chi connectivity index (χ3v) is 5.23. The summed E-state index contributed by atoms with van der Waals surface area (Å²) in [5, 5.41) is 6.21. The smallest absolute Gasteiger partial charge is 0.243 e. The van der Waals surface area contributed by atoms with Gasteiger partial charge in [-0.25, -0.2) is 0 Å². The molecule has 0 spiro atoms. The van der Waals surface area contributed by atoms with Crippen molar-refractivity contribution >= 4 is 11.8 Å². The average molecular weight is 353 g/mol. The molecule has 1 aromatic heterocycles. The van der Waals surface area contributed by atoms with Gasteiger partial charge < -0.3 is 20.0 Å². The monoisotopic (exact) mass is 353 g/mol. The predicted molar refractivity (Wildman–Crippen MR) is 96.1 cm³/mol. The number of hydrogen-bond donors (Lipinski definition) is 2. The Morgan fingerprint density at radius 2 is 2.04 bits per heavy atom. The summed E-state index contributed by atoms with van der Waals surface area (Å²) in [6, 6.07) is 11.1. The Bertz CT molecular complexity index is 787. The lowest BCUT2D eigenvalue weighted by Crippen LogP contribution is -2.54. The van der Waals surface area contributed by atoms with Crippen molar-refractivity contribution in [3.05, 3.63) is 59.5 Å². The van der Waals surface area contributed by atoms with Gasteiger partial charge in [-0.2, -0.15) is 0 Å². The van der Waals surface area contributed by atoms with E-state index in [1.54, 1.807) is 17.2 Å². The molecule has 0 aliphatic carbocycles. The molecule has 0 bridgehead atoms. The van der Waals surface area contributed by atoms with Gasteiger partial charge in [0, 0.05) is 13.1 Å². The normalized spacial score (nSPS) is 22.1. The maximum atomic E-state index is 13.0. The fourth-order valence-corrected chi connectivity index (χ4v) is 3.84. The molecule has 4 rings (SSSR count). The van der Waals surface area contributed by atoms with Gasteiger partial charge in [0.15, 0.2) is 0 Å². The maximum absolute atomic E-state index is 13.0. The van der Waals surface area contributed by atoms with Crippen molar-refractivity contribution in [2.75, 3.05) is 6.54 Å². The lowest BCUT2D eigenvalue weighted by Gasteiger charge is -2.31. The highest BCUT2D eigenvalue weighted by molar-refractivity contribution is 5.90. The number of fused-ring (bicyclic) bond motifs is 1. The highest BCUT2D eigenvalue weighted by Gasteiger charge is 2.37. The number of benzene rings is 1. The second-order valence-corrected chi connectivity index (χ2v) is 6.89. The molecule has 26 heavy (non-hydrogen) atoms. The largest absolute Gasteiger partial charge is 0.467 e. The van der Waals surface area contributed by atoms with Crippen molar-refractivity contribution in [2.24, 2.45) is 0 Å². The fraction of sp³-hybridized carbons (Fsp3) is 0.400. The molecule has 2 amide bonds. The zero-order valence-electron chi connectivity index (χ0n) is 14.6. The van der Waals surface area contributed by atoms with E-state index in [1.165, 1.54) is 11.1 Å². The first-order valence-electron chi connectivity index (χ1n) is 9.13. The molecule has 0 saturated carbocycles. The Balaban J connectivity index is 1.40. The zero-order chi connectivity index (χ0) is 17.9. The van der Waals surface area contributed by atoms with Gasteiger partial charge in [0.2, 0.25) is 11.8 Å². The van der Waals surface area contributed by atoms with Gasteiger partial charge in [-0.1, -0.05) is 24.3 Å². The molecule has 3 heterocycles. The minimum absolute atomic E-state index is 0.0233. The molecule has 2 aromatic rings. The van der Waals surface area contributed by atoms with Gasteiger partial charge >= 0.3 is 0 Å². The minimum atomic E-state index is -0.392. The highest BCUT2D eigenvalue weighted by atomic mass is 16.3. The number of likely N-dealkylation sites (tertiary alicyclic amines) is 1. The Morgan fingerprint density at radius 1 is 1.19 bits per heavy atom. The van der Waals surface area contributed by atoms with Gasteiger partial charge in [0.05, 0.1) is 18.8 Å². The van der Waals surface area contributed by atoms with Gasteiger partial charge in [0.1, 0.15) is 11.8 Å². The van der Waals surface area contributed by atoms with E-state index in [0.717, 1.165) is 6.42 Å². The van der Waals surface area contributed by atoms with Crippen LogP contribution < -0.4 is 10.6 Å². The SMILES string of the molecule is O=C(NCc1ccco1)C1CCCN1C(=O)C1Cc2ccccc2CN1. The molecule has 0 radical (unpaired) electrons. The third-order valence-electron chi connectivity index (χ3n) is 5.23. The minimum Gasteiger partial charge on any atom is -0.467 e. The molecule has 1 fully saturated rings. The topological polar surface area (TPSA) is 74.6 Å². The van der Waals surface area contributed by atoms with Crippen LogP contribution in [-0.2, 0) is 29.1 Å². The molecule has 2 atom stereocenters. The van der Waals surface area contributed by atoms with Crippen molar-refractivity contribution in [3.63, 3.8) is 0 Å². The summed E-state index contributed by atoms with van der Waals surface area (Å²) in [6.07, 6.45) is 3.82. The van der Waals surface area contributed by atoms with Gasteiger partial charge in [-0.15, -0.1) is 0 Å². The number of carbonyl (C=O) groups excluding carboxylic acids is 2. The van der Waals surface area contributed by atoms with Gasteiger partial charge in [-0.05, 0) is 42.5 Å². The quantitative estimate of drug-likeness (QED) is 0.876. The molecule has 6 nitrogen and oxygen atoms in total. The van der Waals surface area contributed by atoms with Crippen LogP contribution in [0.5, 0.6) is 0 Å². The molecule has 2 aliphatic rings. The van der Waals surface area contributed by atoms with E-state index in [-0.39, 0.29) is 17.9 Å². The predicted octanol–water partition coefficient (Wildman–Crippen LogP) is 1.60. The Hall–Kier alpha value is -2.60. The second-order valence-electron chi connectivity index (χ2n) is 6.89. The highest BCUT2D eigenvalue weighted by Crippen LogP contribution is 2.22. The van der Waals surface area contributed by atoms with Crippen molar-refractivity contribution in [1.29, 1.82) is 0 Å². The third kappa shape index (κ3) is 3.37. The van der Waals surface area contributed by atoms with Crippen LogP contribution in [-0.4, -0.2) is 35.3 Å². The number of furan rings is 1. The summed E-state index contributed by atoms with van der Waals surface area (Å²) < 4.78 is 5.24. The molecule has 6 heteroatoms. The molecule has 2 unspecified atom stereocenters. The lowest BCUT2D eigenvalue weighted by molar-refractivity contribution is -0.140. The summed E-state index contributed by atoms with van der Waals surface area (Å²) in [7, 11) is 0. The van der Waals surface area contributed by atoms with Crippen LogP contribution in [0.3, 0.4) is 0 Å². The van der Waals surface area contributed by atoms with Crippen molar-refractivity contribution in [1.82, 2.24) is 15.5 Å². The number of carbonyl (C=O) groups is 2. The van der Waals surface area contributed by atoms with E-state index in [0.29, 0.717) is 38.2 Å². The number of nitrogens with one attached hydrogen (secondary N) is 2. The number of nitrogens with zero attached hydrogens (tertiary/aromatic N) is 1. The van der Waals surface area contributed by atoms with Crippen LogP contribution in [0.15, 0.2) is 47.1 Å². The summed E-state index contributed by atoms with van der Waals surface area (Å²) >= 11 is 0. The van der Waals surface area contributed by atoms with Crippen LogP contribution in [0.1, 0.15) is 29.7 Å². The van der Waals surface area contributed by atoms with Crippen LogP contribution >= 0.6 is 0 Å². The van der Waals surface area contributed by atoms with Crippen LogP contribution in [0, 0.1) is 0 Å². The van der Waals surface area contributed by atoms with E-state index in [1.807, 2.05) is 18.2 Å². The number of amides is 2. The summed E-state index contributed by atoms with van der Waals surface area (Å²) in [6.45, 7) is 1.67. The standard InChI is InChI=1S/C20H23N3O3/c24-19(22-13-16-7-4-10-26-16)18-8-3-9-23(18)20(25)17-11-14-5-1-2-6-15(14)12-21-17/h1-2,4-7,10,17-18,21H,3,8-9,11-13H2,(H,22,24). The van der Waals surface area contributed by atoms with Crippen molar-refractivity contribution in [3.8, 4) is 0 Å². The molecular formula is C20H23N3O3. The van der Waals surface area contributed by atoms with Gasteiger partial charge in [0.25, 0.3) is 0 Å². The van der Waals surface area contributed by atoms with Crippen LogP contribution in [0.4, 0.5) is 0 Å². The van der Waals surface area contributed by atoms with Crippen molar-refractivity contribution in [2.45, 2.75) is 44.4 Å². The van der Waals surface area contributed by atoms with E-state index in [9.17, 15) is 9.59 Å². The average Bonchev–Trinajstić information content (AvgIpc) is 3.37. The summed E-state index contributed by atoms with van der Waals surface area (Å²) in [4.78, 5) is 27.3. The molecule has 2 aliphatic heterocycles. The van der Waals surface area contributed by atoms with Crippen molar-refractivity contribution < 1.29 is 14.0 Å². The second kappa shape index (κ2) is 7.33. The molecule has 1 saturated heterocycles. The zero-order valence-corrected chi connectivity index (χ0v) is 14.6. The first-order valence-corrected chi connectivity index (χ1v) is 9.13. The van der Waals surface area contributed by atoms with Crippen LogP contribution in [0.2, 0.25) is 0 Å². The Kier molecular flexibility index (Phi) is 4.75. The van der Waals surface area contributed by atoms with E-state index >= 15 is 0 Å². The number of hydrogen-bond acceptors (Lipinski definition) is 4. The summed E-state index contributed by atoms with van der Waals surface area (Å²) in [5.74, 6) is 0.624. The first kappa shape index (κ1) is 16.8. The Morgan fingerprint density at radius 3 is 2.85 bits per heavy atom. The van der Waals surface area contributed by atoms with Gasteiger partial charge in [-0.3, -0.25) is 9.59 Å². The summed E-state index contributed by atoms with van der Waals surface area (Å²) in [5.41, 5.74) is 2.45. The van der Waals surface area contributed by atoms with E-state index in [2.05, 4.69) is 22.8 Å². The first-order chi connectivity index (χ1) is 12.7. The molecule has 2 N–H and O–H groups in total. The molecule has 136 valence electrons. The Labute approximate surface area is 152 Å². The van der Waals surface area contributed by atoms with Crippen LogP contribution in [0.25, 0.3) is 0 Å². The number of rotatable bonds is 4. The van der Waals surface area contributed by atoms with E-state index in [4.69, 9.17) is 4.42 Å². The van der Waals surface area contributed by atoms with E-state index < -0.39 is 6.04 Å². The fourth-order valence-electron chi connectivity index (χ4n) is 3.84. The molecule has 1 aromatic carbocycles. The lowest BCUT2D eigenvalue weighted by atomic mass is 9.95. The molecular weight excluding hydrogens is 330 g/mol. The maximum Gasteiger partial charge on any atom is 0.243 e.